The lowest BCUT2D eigenvalue weighted by Gasteiger charge is -2.31. The molecule has 0 atom stereocenters. The Morgan fingerprint density at radius 1 is 1.30 bits per heavy atom. The number of carbonyl (C=O) groups is 2. The van der Waals surface area contributed by atoms with Crippen LogP contribution in [0.25, 0.3) is 0 Å². The number of nitrogens with zero attached hydrogens (tertiary/aromatic N) is 2. The fourth-order valence-corrected chi connectivity index (χ4v) is 3.15. The topological polar surface area (TPSA) is 108 Å². The predicted octanol–water partition coefficient (Wildman–Crippen LogP) is 1.24. The zero-order valence-corrected chi connectivity index (χ0v) is 15.1. The quantitative estimate of drug-likeness (QED) is 0.640. The average molecular weight is 372 g/mol. The first-order chi connectivity index (χ1) is 13.1. The Balaban J connectivity index is 1.34. The molecule has 0 aliphatic carbocycles. The highest BCUT2D eigenvalue weighted by Crippen LogP contribution is 2.14. The number of likely N-dealkylation sites (tertiary alicyclic amines) is 1. The summed E-state index contributed by atoms with van der Waals surface area (Å²) in [5.41, 5.74) is 0.779. The maximum absolute atomic E-state index is 12.1. The number of carboxylic acid groups (broad SMARTS) is 1. The Kier molecular flexibility index (Phi) is 6.56. The SMILES string of the molecule is O=C(CNCc1cc(C(=O)O)ccn1)NC1CCN(Cc2ccco2)CC1. The van der Waals surface area contributed by atoms with Crippen molar-refractivity contribution in [1.82, 2.24) is 20.5 Å². The number of aromatic carboxylic acids is 1. The van der Waals surface area contributed by atoms with Gasteiger partial charge in [0.15, 0.2) is 0 Å². The van der Waals surface area contributed by atoms with E-state index in [2.05, 4.69) is 20.5 Å². The number of carbonyl (C=O) groups excluding carboxylic acids is 1. The Morgan fingerprint density at radius 3 is 2.81 bits per heavy atom. The van der Waals surface area contributed by atoms with Crippen LogP contribution in [0.1, 0.15) is 34.7 Å². The summed E-state index contributed by atoms with van der Waals surface area (Å²) in [4.78, 5) is 29.5. The van der Waals surface area contributed by atoms with E-state index in [0.717, 1.165) is 38.2 Å². The summed E-state index contributed by atoms with van der Waals surface area (Å²) in [6, 6.07) is 6.99. The minimum Gasteiger partial charge on any atom is -0.478 e. The molecule has 3 N–H and O–H groups in total. The van der Waals surface area contributed by atoms with E-state index in [-0.39, 0.29) is 24.1 Å². The molecule has 1 amide bonds. The van der Waals surface area contributed by atoms with Crippen molar-refractivity contribution in [2.45, 2.75) is 32.0 Å². The molecular formula is C19H24N4O4. The van der Waals surface area contributed by atoms with Gasteiger partial charge in [0.2, 0.25) is 5.91 Å². The molecule has 144 valence electrons. The Bertz CT molecular complexity index is 755. The van der Waals surface area contributed by atoms with E-state index in [1.54, 1.807) is 6.26 Å². The molecule has 2 aromatic heterocycles. The Hall–Kier alpha value is -2.71. The number of hydrogen-bond donors (Lipinski definition) is 3. The van der Waals surface area contributed by atoms with E-state index in [4.69, 9.17) is 9.52 Å². The van der Waals surface area contributed by atoms with E-state index in [1.807, 2.05) is 12.1 Å². The molecule has 8 nitrogen and oxygen atoms in total. The van der Waals surface area contributed by atoms with Gasteiger partial charge in [-0.05, 0) is 37.1 Å². The molecule has 0 spiro atoms. The van der Waals surface area contributed by atoms with Crippen molar-refractivity contribution in [3.8, 4) is 0 Å². The fourth-order valence-electron chi connectivity index (χ4n) is 3.15. The molecule has 27 heavy (non-hydrogen) atoms. The van der Waals surface area contributed by atoms with Crippen LogP contribution in [0.4, 0.5) is 0 Å². The molecule has 0 aromatic carbocycles. The molecule has 1 aliphatic rings. The average Bonchev–Trinajstić information content (AvgIpc) is 3.17. The van der Waals surface area contributed by atoms with Gasteiger partial charge in [0.25, 0.3) is 0 Å². The maximum Gasteiger partial charge on any atom is 0.335 e. The highest BCUT2D eigenvalue weighted by atomic mass is 16.4. The minimum atomic E-state index is -0.991. The molecular weight excluding hydrogens is 348 g/mol. The summed E-state index contributed by atoms with van der Waals surface area (Å²) in [6.45, 7) is 3.16. The summed E-state index contributed by atoms with van der Waals surface area (Å²) < 4.78 is 5.37. The number of furan rings is 1. The molecule has 1 aliphatic heterocycles. The lowest BCUT2D eigenvalue weighted by molar-refractivity contribution is -0.121. The highest BCUT2D eigenvalue weighted by molar-refractivity contribution is 5.87. The molecule has 3 heterocycles. The molecule has 0 saturated carbocycles. The second-order valence-corrected chi connectivity index (χ2v) is 6.64. The predicted molar refractivity (Wildman–Crippen MR) is 98.1 cm³/mol. The number of piperidine rings is 1. The molecule has 0 radical (unpaired) electrons. The first kappa shape index (κ1) is 19.1. The first-order valence-corrected chi connectivity index (χ1v) is 9.03. The van der Waals surface area contributed by atoms with Gasteiger partial charge >= 0.3 is 5.97 Å². The van der Waals surface area contributed by atoms with Gasteiger partial charge in [-0.2, -0.15) is 0 Å². The third kappa shape index (κ3) is 5.90. The van der Waals surface area contributed by atoms with Crippen LogP contribution in [0, 0.1) is 0 Å². The zero-order valence-electron chi connectivity index (χ0n) is 15.1. The number of nitrogens with one attached hydrogen (secondary N) is 2. The summed E-state index contributed by atoms with van der Waals surface area (Å²) in [5, 5.41) is 15.0. The highest BCUT2D eigenvalue weighted by Gasteiger charge is 2.21. The van der Waals surface area contributed by atoms with E-state index in [0.29, 0.717) is 12.2 Å². The molecule has 2 aromatic rings. The van der Waals surface area contributed by atoms with Crippen molar-refractivity contribution in [1.29, 1.82) is 0 Å². The third-order valence-corrected chi connectivity index (χ3v) is 4.57. The summed E-state index contributed by atoms with van der Waals surface area (Å²) in [7, 11) is 0. The van der Waals surface area contributed by atoms with Crippen molar-refractivity contribution in [3.63, 3.8) is 0 Å². The number of pyridine rings is 1. The van der Waals surface area contributed by atoms with Gasteiger partial charge in [-0.15, -0.1) is 0 Å². The van der Waals surface area contributed by atoms with E-state index in [9.17, 15) is 9.59 Å². The van der Waals surface area contributed by atoms with Crippen molar-refractivity contribution in [2.24, 2.45) is 0 Å². The number of amides is 1. The molecule has 1 saturated heterocycles. The van der Waals surface area contributed by atoms with E-state index in [1.165, 1.54) is 18.3 Å². The van der Waals surface area contributed by atoms with Gasteiger partial charge < -0.3 is 20.2 Å². The number of aromatic nitrogens is 1. The number of carboxylic acids is 1. The van der Waals surface area contributed by atoms with Gasteiger partial charge in [-0.1, -0.05) is 0 Å². The lowest BCUT2D eigenvalue weighted by atomic mass is 10.0. The monoisotopic (exact) mass is 372 g/mol. The van der Waals surface area contributed by atoms with Crippen LogP contribution in [0.5, 0.6) is 0 Å². The summed E-state index contributed by atoms with van der Waals surface area (Å²) in [5.74, 6) is -0.0917. The largest absolute Gasteiger partial charge is 0.478 e. The van der Waals surface area contributed by atoms with Gasteiger partial charge in [0, 0.05) is 31.9 Å². The molecule has 0 bridgehead atoms. The maximum atomic E-state index is 12.1. The third-order valence-electron chi connectivity index (χ3n) is 4.57. The zero-order chi connectivity index (χ0) is 19.1. The Morgan fingerprint density at radius 2 is 2.11 bits per heavy atom. The van der Waals surface area contributed by atoms with Crippen molar-refractivity contribution in [3.05, 3.63) is 53.7 Å². The van der Waals surface area contributed by atoms with E-state index >= 15 is 0 Å². The molecule has 1 fully saturated rings. The van der Waals surface area contributed by atoms with Gasteiger partial charge in [0.1, 0.15) is 5.76 Å². The van der Waals surface area contributed by atoms with E-state index < -0.39 is 5.97 Å². The molecule has 0 unspecified atom stereocenters. The van der Waals surface area contributed by atoms with Gasteiger partial charge in [0.05, 0.1) is 30.6 Å². The fraction of sp³-hybridized carbons (Fsp3) is 0.421. The Labute approximate surface area is 157 Å². The van der Waals surface area contributed by atoms with Gasteiger partial charge in [-0.3, -0.25) is 14.7 Å². The van der Waals surface area contributed by atoms with Crippen LogP contribution in [0.2, 0.25) is 0 Å². The molecule has 8 heteroatoms. The van der Waals surface area contributed by atoms with Crippen molar-refractivity contribution < 1.29 is 19.1 Å². The minimum absolute atomic E-state index is 0.0612. The van der Waals surface area contributed by atoms with Crippen LogP contribution in [-0.2, 0) is 17.9 Å². The standard InChI is InChI=1S/C19H24N4O4/c24-18(12-20-11-16-10-14(19(25)26)3-6-21-16)22-15-4-7-23(8-5-15)13-17-2-1-9-27-17/h1-3,6,9-10,15,20H,4-5,7-8,11-13H2,(H,22,24)(H,25,26). The summed E-state index contributed by atoms with van der Waals surface area (Å²) in [6.07, 6.45) is 4.96. The van der Waals surface area contributed by atoms with Crippen LogP contribution < -0.4 is 10.6 Å². The second kappa shape index (κ2) is 9.29. The second-order valence-electron chi connectivity index (χ2n) is 6.64. The van der Waals surface area contributed by atoms with Crippen molar-refractivity contribution in [2.75, 3.05) is 19.6 Å². The lowest BCUT2D eigenvalue weighted by Crippen LogP contribution is -2.46. The summed E-state index contributed by atoms with van der Waals surface area (Å²) >= 11 is 0. The number of hydrogen-bond acceptors (Lipinski definition) is 6. The number of rotatable bonds is 8. The van der Waals surface area contributed by atoms with Crippen LogP contribution in [0.3, 0.4) is 0 Å². The molecule has 3 rings (SSSR count). The van der Waals surface area contributed by atoms with Crippen molar-refractivity contribution >= 4 is 11.9 Å². The normalized spacial score (nSPS) is 15.6. The first-order valence-electron chi connectivity index (χ1n) is 9.03. The van der Waals surface area contributed by atoms with Crippen LogP contribution >= 0.6 is 0 Å². The van der Waals surface area contributed by atoms with Crippen LogP contribution in [0.15, 0.2) is 41.1 Å². The van der Waals surface area contributed by atoms with Crippen LogP contribution in [-0.4, -0.2) is 52.5 Å². The smallest absolute Gasteiger partial charge is 0.335 e. The van der Waals surface area contributed by atoms with Gasteiger partial charge in [-0.25, -0.2) is 4.79 Å².